The topological polar surface area (TPSA) is 55.4 Å². The van der Waals surface area contributed by atoms with E-state index in [0.29, 0.717) is 29.5 Å². The first-order valence-corrected chi connectivity index (χ1v) is 9.53. The zero-order chi connectivity index (χ0) is 16.8. The fraction of sp³-hybridized carbons (Fsp3) is 0.667. The number of amides is 1. The largest absolute Gasteiger partial charge is 0.462 e. The summed E-state index contributed by atoms with van der Waals surface area (Å²) >= 11 is 1.57. The molecule has 1 N–H and O–H groups in total. The lowest BCUT2D eigenvalue weighted by Gasteiger charge is -2.21. The summed E-state index contributed by atoms with van der Waals surface area (Å²) in [5.74, 6) is 0.368. The molecular weight excluding hydrogens is 310 g/mol. The van der Waals surface area contributed by atoms with Crippen molar-refractivity contribution in [1.29, 1.82) is 0 Å². The molecule has 1 aliphatic rings. The zero-order valence-electron chi connectivity index (χ0n) is 14.4. The van der Waals surface area contributed by atoms with Crippen molar-refractivity contribution in [1.82, 2.24) is 0 Å². The number of ether oxygens (including phenoxy) is 1. The Hall–Kier alpha value is -1.36. The molecule has 128 valence electrons. The zero-order valence-corrected chi connectivity index (χ0v) is 15.2. The van der Waals surface area contributed by atoms with Gasteiger partial charge < -0.3 is 10.1 Å². The van der Waals surface area contributed by atoms with E-state index in [1.807, 2.05) is 13.8 Å². The molecule has 1 aliphatic carbocycles. The lowest BCUT2D eigenvalue weighted by molar-refractivity contribution is -0.116. The van der Waals surface area contributed by atoms with Gasteiger partial charge in [-0.1, -0.05) is 26.7 Å². The van der Waals surface area contributed by atoms with Gasteiger partial charge in [-0.05, 0) is 44.1 Å². The Bertz CT molecular complexity index is 565. The molecule has 1 aromatic heterocycles. The maximum absolute atomic E-state index is 12.4. The van der Waals surface area contributed by atoms with Crippen LogP contribution in [0.5, 0.6) is 0 Å². The van der Waals surface area contributed by atoms with Crippen LogP contribution in [-0.4, -0.2) is 18.5 Å². The second kappa shape index (κ2) is 8.48. The van der Waals surface area contributed by atoms with Crippen molar-refractivity contribution in [3.05, 3.63) is 16.0 Å². The molecule has 1 heterocycles. The second-order valence-corrected chi connectivity index (χ2v) is 7.23. The first kappa shape index (κ1) is 18.0. The predicted octanol–water partition coefficient (Wildman–Crippen LogP) is 4.57. The minimum Gasteiger partial charge on any atom is -0.462 e. The Balaban J connectivity index is 2.29. The lowest BCUT2D eigenvalue weighted by Crippen LogP contribution is -2.17. The Morgan fingerprint density at radius 3 is 2.70 bits per heavy atom. The summed E-state index contributed by atoms with van der Waals surface area (Å²) in [5.41, 5.74) is 1.71. The minimum atomic E-state index is -0.300. The van der Waals surface area contributed by atoms with Crippen molar-refractivity contribution in [3.8, 4) is 0 Å². The summed E-state index contributed by atoms with van der Waals surface area (Å²) in [6, 6.07) is 0. The summed E-state index contributed by atoms with van der Waals surface area (Å²) < 4.78 is 5.23. The molecule has 0 spiro atoms. The number of hydrogen-bond donors (Lipinski definition) is 1. The van der Waals surface area contributed by atoms with Gasteiger partial charge >= 0.3 is 5.97 Å². The smallest absolute Gasteiger partial charge is 0.341 e. The van der Waals surface area contributed by atoms with Crippen molar-refractivity contribution >= 4 is 28.2 Å². The average molecular weight is 337 g/mol. The molecule has 0 bridgehead atoms. The number of rotatable bonds is 7. The Kier molecular flexibility index (Phi) is 6.63. The van der Waals surface area contributed by atoms with Crippen molar-refractivity contribution in [2.75, 3.05) is 11.9 Å². The highest BCUT2D eigenvalue weighted by atomic mass is 32.1. The van der Waals surface area contributed by atoms with Crippen LogP contribution in [0.1, 0.15) is 73.7 Å². The molecule has 1 atom stereocenters. The summed E-state index contributed by atoms with van der Waals surface area (Å²) in [6.45, 7) is 6.35. The van der Waals surface area contributed by atoms with Crippen molar-refractivity contribution in [3.63, 3.8) is 0 Å². The highest BCUT2D eigenvalue weighted by Crippen LogP contribution is 2.41. The van der Waals surface area contributed by atoms with E-state index in [0.717, 1.165) is 31.2 Å². The van der Waals surface area contributed by atoms with Crippen LogP contribution in [0.25, 0.3) is 0 Å². The van der Waals surface area contributed by atoms with E-state index < -0.39 is 0 Å². The standard InChI is InChI=1S/C18H27NO3S/c1-4-7-12-9-10-13-14(11-12)23-17(19-15(20)8-5-2)16(13)18(21)22-6-3/h12H,4-11H2,1-3H3,(H,19,20)/t12-/m0/s1. The van der Waals surface area contributed by atoms with Gasteiger partial charge in [0, 0.05) is 11.3 Å². The third kappa shape index (κ3) is 4.34. The lowest BCUT2D eigenvalue weighted by atomic mass is 9.84. The van der Waals surface area contributed by atoms with E-state index >= 15 is 0 Å². The van der Waals surface area contributed by atoms with Crippen molar-refractivity contribution in [2.24, 2.45) is 5.92 Å². The molecule has 23 heavy (non-hydrogen) atoms. The van der Waals surface area contributed by atoms with Gasteiger partial charge in [0.2, 0.25) is 5.91 Å². The Morgan fingerprint density at radius 2 is 2.04 bits per heavy atom. The van der Waals surface area contributed by atoms with Gasteiger partial charge in [-0.25, -0.2) is 4.79 Å². The molecular formula is C18H27NO3S. The molecule has 4 nitrogen and oxygen atoms in total. The van der Waals surface area contributed by atoms with Crippen LogP contribution in [0.15, 0.2) is 0 Å². The SMILES string of the molecule is CCCC(=O)Nc1sc2c(c1C(=O)OCC)CC[C@H](CCC)C2. The molecule has 0 saturated carbocycles. The molecule has 0 radical (unpaired) electrons. The minimum absolute atomic E-state index is 0.0262. The number of fused-ring (bicyclic) bond motifs is 1. The van der Waals surface area contributed by atoms with Gasteiger partial charge in [-0.15, -0.1) is 11.3 Å². The van der Waals surface area contributed by atoms with Crippen LogP contribution in [0.3, 0.4) is 0 Å². The second-order valence-electron chi connectivity index (χ2n) is 6.12. The van der Waals surface area contributed by atoms with Gasteiger partial charge in [-0.3, -0.25) is 4.79 Å². The quantitative estimate of drug-likeness (QED) is 0.742. The maximum atomic E-state index is 12.4. The highest BCUT2D eigenvalue weighted by molar-refractivity contribution is 7.17. The molecule has 1 aromatic rings. The molecule has 0 unspecified atom stereocenters. The van der Waals surface area contributed by atoms with Gasteiger partial charge in [0.25, 0.3) is 0 Å². The van der Waals surface area contributed by atoms with E-state index in [9.17, 15) is 9.59 Å². The Morgan fingerprint density at radius 1 is 1.26 bits per heavy atom. The molecule has 2 rings (SSSR count). The predicted molar refractivity (Wildman–Crippen MR) is 94.2 cm³/mol. The number of esters is 1. The van der Waals surface area contributed by atoms with Crippen LogP contribution in [-0.2, 0) is 22.4 Å². The summed E-state index contributed by atoms with van der Waals surface area (Å²) in [7, 11) is 0. The molecule has 0 saturated heterocycles. The maximum Gasteiger partial charge on any atom is 0.341 e. The van der Waals surface area contributed by atoms with E-state index in [4.69, 9.17) is 4.74 Å². The summed E-state index contributed by atoms with van der Waals surface area (Å²) in [5, 5.41) is 3.62. The van der Waals surface area contributed by atoms with Gasteiger partial charge in [-0.2, -0.15) is 0 Å². The normalized spacial score (nSPS) is 16.7. The summed E-state index contributed by atoms with van der Waals surface area (Å²) in [6.07, 6.45) is 6.73. The van der Waals surface area contributed by atoms with E-state index in [2.05, 4.69) is 12.2 Å². The van der Waals surface area contributed by atoms with Crippen LogP contribution in [0, 0.1) is 5.92 Å². The fourth-order valence-electron chi connectivity index (χ4n) is 3.23. The van der Waals surface area contributed by atoms with Crippen LogP contribution in [0.4, 0.5) is 5.00 Å². The van der Waals surface area contributed by atoms with Gasteiger partial charge in [0.15, 0.2) is 0 Å². The number of carbonyl (C=O) groups is 2. The number of carbonyl (C=O) groups excluding carboxylic acids is 2. The monoisotopic (exact) mass is 337 g/mol. The van der Waals surface area contributed by atoms with E-state index in [-0.39, 0.29) is 11.9 Å². The molecule has 0 aliphatic heterocycles. The van der Waals surface area contributed by atoms with Crippen LogP contribution in [0.2, 0.25) is 0 Å². The van der Waals surface area contributed by atoms with Crippen LogP contribution >= 0.6 is 11.3 Å². The molecule has 1 amide bonds. The number of thiophene rings is 1. The summed E-state index contributed by atoms with van der Waals surface area (Å²) in [4.78, 5) is 25.6. The first-order chi connectivity index (χ1) is 11.1. The highest BCUT2D eigenvalue weighted by Gasteiger charge is 2.29. The van der Waals surface area contributed by atoms with Crippen molar-refractivity contribution in [2.45, 2.75) is 65.7 Å². The molecule has 0 aromatic carbocycles. The number of hydrogen-bond acceptors (Lipinski definition) is 4. The van der Waals surface area contributed by atoms with E-state index in [1.54, 1.807) is 11.3 Å². The molecule has 0 fully saturated rings. The number of anilines is 1. The molecule has 5 heteroatoms. The van der Waals surface area contributed by atoms with Gasteiger partial charge in [0.1, 0.15) is 5.00 Å². The third-order valence-corrected chi connectivity index (χ3v) is 5.44. The first-order valence-electron chi connectivity index (χ1n) is 8.72. The fourth-order valence-corrected chi connectivity index (χ4v) is 4.60. The number of nitrogens with one attached hydrogen (secondary N) is 1. The Labute approximate surface area is 142 Å². The van der Waals surface area contributed by atoms with Gasteiger partial charge in [0.05, 0.1) is 12.2 Å². The van der Waals surface area contributed by atoms with E-state index in [1.165, 1.54) is 17.7 Å². The van der Waals surface area contributed by atoms with Crippen LogP contribution < -0.4 is 5.32 Å². The van der Waals surface area contributed by atoms with Crippen molar-refractivity contribution < 1.29 is 14.3 Å². The average Bonchev–Trinajstić information content (AvgIpc) is 2.85. The third-order valence-electron chi connectivity index (χ3n) is 4.27.